The van der Waals surface area contributed by atoms with Crippen molar-refractivity contribution in [2.75, 3.05) is 36.0 Å². The zero-order chi connectivity index (χ0) is 18.7. The summed E-state index contributed by atoms with van der Waals surface area (Å²) in [4.78, 5) is 8.55. The van der Waals surface area contributed by atoms with Crippen LogP contribution in [0.4, 0.5) is 24.0 Å². The molecule has 0 saturated carbocycles. The van der Waals surface area contributed by atoms with E-state index in [0.717, 1.165) is 36.4 Å². The van der Waals surface area contributed by atoms with Crippen molar-refractivity contribution in [3.63, 3.8) is 0 Å². The van der Waals surface area contributed by atoms with Crippen LogP contribution >= 0.6 is 11.5 Å². The SMILES string of the molecule is CCc1nsc(N2CCCN(c3ccc(C#N)c(C(F)(F)F)c3)CC2)n1. The molecule has 0 unspecified atom stereocenters. The summed E-state index contributed by atoms with van der Waals surface area (Å²) in [6.07, 6.45) is -2.95. The number of anilines is 2. The number of hydrogen-bond acceptors (Lipinski definition) is 6. The fourth-order valence-corrected chi connectivity index (χ4v) is 3.75. The van der Waals surface area contributed by atoms with E-state index < -0.39 is 11.7 Å². The van der Waals surface area contributed by atoms with Crippen LogP contribution < -0.4 is 9.80 Å². The highest BCUT2D eigenvalue weighted by atomic mass is 32.1. The van der Waals surface area contributed by atoms with E-state index >= 15 is 0 Å². The van der Waals surface area contributed by atoms with Gasteiger partial charge in [0.1, 0.15) is 5.82 Å². The summed E-state index contributed by atoms with van der Waals surface area (Å²) < 4.78 is 43.9. The van der Waals surface area contributed by atoms with Crippen LogP contribution in [0.5, 0.6) is 0 Å². The number of nitrogens with zero attached hydrogens (tertiary/aromatic N) is 5. The van der Waals surface area contributed by atoms with Gasteiger partial charge in [-0.3, -0.25) is 0 Å². The van der Waals surface area contributed by atoms with E-state index in [1.165, 1.54) is 17.6 Å². The maximum absolute atomic E-state index is 13.2. The lowest BCUT2D eigenvalue weighted by molar-refractivity contribution is -0.137. The fourth-order valence-electron chi connectivity index (χ4n) is 2.94. The van der Waals surface area contributed by atoms with Gasteiger partial charge in [0.2, 0.25) is 5.13 Å². The Balaban J connectivity index is 1.78. The molecule has 1 aromatic carbocycles. The number of halogens is 3. The zero-order valence-electron chi connectivity index (χ0n) is 14.3. The molecule has 5 nitrogen and oxygen atoms in total. The molecule has 0 N–H and O–H groups in total. The van der Waals surface area contributed by atoms with Crippen LogP contribution in [0.15, 0.2) is 18.2 Å². The number of benzene rings is 1. The van der Waals surface area contributed by atoms with Crippen molar-refractivity contribution in [3.05, 3.63) is 35.2 Å². The summed E-state index contributed by atoms with van der Waals surface area (Å²) in [6, 6.07) is 5.53. The van der Waals surface area contributed by atoms with Crippen LogP contribution in [0, 0.1) is 11.3 Å². The molecule has 2 aromatic rings. The Morgan fingerprint density at radius 3 is 2.58 bits per heavy atom. The number of aromatic nitrogens is 2. The second-order valence-corrected chi connectivity index (χ2v) is 6.74. The Morgan fingerprint density at radius 1 is 1.19 bits per heavy atom. The number of nitriles is 1. The molecule has 0 bridgehead atoms. The van der Waals surface area contributed by atoms with Gasteiger partial charge in [0, 0.05) is 49.8 Å². The molecule has 0 spiro atoms. The Morgan fingerprint density at radius 2 is 1.92 bits per heavy atom. The first kappa shape index (κ1) is 18.5. The molecule has 1 fully saturated rings. The quantitative estimate of drug-likeness (QED) is 0.811. The summed E-state index contributed by atoms with van der Waals surface area (Å²) in [6.45, 7) is 4.69. The van der Waals surface area contributed by atoms with Crippen LogP contribution in [0.25, 0.3) is 0 Å². The van der Waals surface area contributed by atoms with Gasteiger partial charge in [0.05, 0.1) is 17.2 Å². The first-order valence-corrected chi connectivity index (χ1v) is 9.13. The Hall–Kier alpha value is -2.34. The molecule has 138 valence electrons. The van der Waals surface area contributed by atoms with Crippen LogP contribution in [-0.4, -0.2) is 35.5 Å². The van der Waals surface area contributed by atoms with Crippen LogP contribution in [0.3, 0.4) is 0 Å². The van der Waals surface area contributed by atoms with Crippen molar-refractivity contribution in [1.82, 2.24) is 9.36 Å². The standard InChI is InChI=1S/C17H18F3N5S/c1-2-15-22-16(26-23-15)25-7-3-6-24(8-9-25)13-5-4-12(11-21)14(10-13)17(18,19)20/h4-5,10H,2-3,6-9H2,1H3. The molecule has 9 heteroatoms. The summed E-state index contributed by atoms with van der Waals surface area (Å²) in [7, 11) is 0. The van der Waals surface area contributed by atoms with Crippen molar-refractivity contribution >= 4 is 22.4 Å². The molecule has 0 aliphatic carbocycles. The third-order valence-corrected chi connectivity index (χ3v) is 5.15. The highest BCUT2D eigenvalue weighted by Crippen LogP contribution is 2.34. The number of hydrogen-bond donors (Lipinski definition) is 0. The largest absolute Gasteiger partial charge is 0.417 e. The fraction of sp³-hybridized carbons (Fsp3) is 0.471. The lowest BCUT2D eigenvalue weighted by Gasteiger charge is -2.24. The molecule has 1 saturated heterocycles. The number of rotatable bonds is 3. The Bertz CT molecular complexity index is 811. The van der Waals surface area contributed by atoms with Crippen LogP contribution in [-0.2, 0) is 12.6 Å². The number of alkyl halides is 3. The summed E-state index contributed by atoms with van der Waals surface area (Å²) in [5.74, 6) is 0.813. The molecule has 0 amide bonds. The topological polar surface area (TPSA) is 56.1 Å². The minimum atomic E-state index is -4.54. The molecule has 1 aliphatic rings. The highest BCUT2D eigenvalue weighted by molar-refractivity contribution is 7.09. The monoisotopic (exact) mass is 381 g/mol. The summed E-state index contributed by atoms with van der Waals surface area (Å²) >= 11 is 1.36. The van der Waals surface area contributed by atoms with Gasteiger partial charge < -0.3 is 9.80 Å². The lowest BCUT2D eigenvalue weighted by Crippen LogP contribution is -2.30. The molecular formula is C17H18F3N5S. The van der Waals surface area contributed by atoms with Crippen LogP contribution in [0.2, 0.25) is 0 Å². The smallest absolute Gasteiger partial charge is 0.370 e. The van der Waals surface area contributed by atoms with Gasteiger partial charge in [0.15, 0.2) is 0 Å². The van der Waals surface area contributed by atoms with Crippen molar-refractivity contribution in [1.29, 1.82) is 5.26 Å². The van der Waals surface area contributed by atoms with E-state index in [0.29, 0.717) is 25.3 Å². The van der Waals surface area contributed by atoms with E-state index in [1.807, 2.05) is 11.8 Å². The van der Waals surface area contributed by atoms with Gasteiger partial charge >= 0.3 is 6.18 Å². The zero-order valence-corrected chi connectivity index (χ0v) is 15.1. The predicted octanol–water partition coefficient (Wildman–Crippen LogP) is 3.71. The maximum Gasteiger partial charge on any atom is 0.417 e. The predicted molar refractivity (Wildman–Crippen MR) is 94.5 cm³/mol. The normalized spacial score (nSPS) is 15.7. The highest BCUT2D eigenvalue weighted by Gasteiger charge is 2.34. The van der Waals surface area contributed by atoms with Crippen molar-refractivity contribution in [2.24, 2.45) is 0 Å². The Kier molecular flexibility index (Phi) is 5.32. The molecule has 0 atom stereocenters. The first-order chi connectivity index (χ1) is 12.4. The molecule has 1 aliphatic heterocycles. The van der Waals surface area contributed by atoms with E-state index in [4.69, 9.17) is 5.26 Å². The average Bonchev–Trinajstić information content (AvgIpc) is 2.97. The molecule has 1 aromatic heterocycles. The van der Waals surface area contributed by atoms with E-state index in [9.17, 15) is 13.2 Å². The molecule has 2 heterocycles. The van der Waals surface area contributed by atoms with Gasteiger partial charge in [-0.05, 0) is 24.6 Å². The second-order valence-electron chi connectivity index (χ2n) is 6.01. The van der Waals surface area contributed by atoms with Gasteiger partial charge in [-0.1, -0.05) is 6.92 Å². The molecule has 3 rings (SSSR count). The second kappa shape index (κ2) is 7.50. The van der Waals surface area contributed by atoms with Crippen LogP contribution in [0.1, 0.15) is 30.3 Å². The van der Waals surface area contributed by atoms with Crippen molar-refractivity contribution in [2.45, 2.75) is 25.9 Å². The summed E-state index contributed by atoms with van der Waals surface area (Å²) in [5, 5.41) is 9.79. The lowest BCUT2D eigenvalue weighted by atomic mass is 10.1. The molecule has 0 radical (unpaired) electrons. The molecular weight excluding hydrogens is 363 g/mol. The average molecular weight is 381 g/mol. The van der Waals surface area contributed by atoms with Gasteiger partial charge in [-0.15, -0.1) is 0 Å². The van der Waals surface area contributed by atoms with Crippen molar-refractivity contribution < 1.29 is 13.2 Å². The maximum atomic E-state index is 13.2. The van der Waals surface area contributed by atoms with E-state index in [-0.39, 0.29) is 5.56 Å². The minimum absolute atomic E-state index is 0.348. The molecule has 26 heavy (non-hydrogen) atoms. The van der Waals surface area contributed by atoms with Gasteiger partial charge in [-0.2, -0.15) is 22.8 Å². The van der Waals surface area contributed by atoms with Crippen molar-refractivity contribution in [3.8, 4) is 6.07 Å². The minimum Gasteiger partial charge on any atom is -0.370 e. The third kappa shape index (κ3) is 3.90. The van der Waals surface area contributed by atoms with Gasteiger partial charge in [-0.25, -0.2) is 4.98 Å². The first-order valence-electron chi connectivity index (χ1n) is 8.36. The third-order valence-electron chi connectivity index (χ3n) is 4.33. The van der Waals surface area contributed by atoms with E-state index in [1.54, 1.807) is 12.1 Å². The number of aryl methyl sites for hydroxylation is 1. The van der Waals surface area contributed by atoms with Gasteiger partial charge in [0.25, 0.3) is 0 Å². The Labute approximate surface area is 153 Å². The van der Waals surface area contributed by atoms with E-state index in [2.05, 4.69) is 14.3 Å². The summed E-state index contributed by atoms with van der Waals surface area (Å²) in [5.41, 5.74) is -0.737.